The van der Waals surface area contributed by atoms with E-state index in [4.69, 9.17) is 0 Å². The summed E-state index contributed by atoms with van der Waals surface area (Å²) in [5, 5.41) is 2.87. The Hall–Kier alpha value is -2.74. The molecule has 1 aliphatic rings. The highest BCUT2D eigenvalue weighted by atomic mass is 32.2. The number of nitrogens with zero attached hydrogens (tertiary/aromatic N) is 1. The monoisotopic (exact) mass is 418 g/mol. The second kappa shape index (κ2) is 7.94. The van der Waals surface area contributed by atoms with E-state index in [9.17, 15) is 22.4 Å². The Balaban J connectivity index is 1.66. The molecule has 0 spiro atoms. The van der Waals surface area contributed by atoms with Crippen LogP contribution in [-0.4, -0.2) is 33.0 Å². The fourth-order valence-corrected chi connectivity index (χ4v) is 3.93. The highest BCUT2D eigenvalue weighted by molar-refractivity contribution is 7.90. The topological polar surface area (TPSA) is 83.6 Å². The van der Waals surface area contributed by atoms with E-state index in [-0.39, 0.29) is 35.7 Å². The van der Waals surface area contributed by atoms with Crippen LogP contribution < -0.4 is 10.2 Å². The first-order chi connectivity index (χ1) is 13.6. The molecule has 0 aliphatic carbocycles. The van der Waals surface area contributed by atoms with Gasteiger partial charge in [-0.3, -0.25) is 9.59 Å². The average Bonchev–Trinajstić information content (AvgIpc) is 3.05. The summed E-state index contributed by atoms with van der Waals surface area (Å²) in [5.74, 6) is -1.43. The van der Waals surface area contributed by atoms with Gasteiger partial charge in [-0.25, -0.2) is 12.8 Å². The van der Waals surface area contributed by atoms with Gasteiger partial charge in [0.05, 0.1) is 16.9 Å². The van der Waals surface area contributed by atoms with Gasteiger partial charge in [0.1, 0.15) is 5.82 Å². The van der Waals surface area contributed by atoms with E-state index in [1.807, 2.05) is 0 Å². The summed E-state index contributed by atoms with van der Waals surface area (Å²) in [6.45, 7) is 3.62. The summed E-state index contributed by atoms with van der Waals surface area (Å²) >= 11 is 0. The Morgan fingerprint density at radius 2 is 1.86 bits per heavy atom. The molecule has 3 rings (SSSR count). The van der Waals surface area contributed by atoms with Crippen LogP contribution in [0, 0.1) is 18.7 Å². The summed E-state index contributed by atoms with van der Waals surface area (Å²) in [6.07, 6.45) is 1.19. The van der Waals surface area contributed by atoms with Gasteiger partial charge in [0, 0.05) is 24.9 Å². The van der Waals surface area contributed by atoms with Crippen LogP contribution in [0.15, 0.2) is 47.4 Å². The van der Waals surface area contributed by atoms with Gasteiger partial charge in [0.2, 0.25) is 11.8 Å². The lowest BCUT2D eigenvalue weighted by atomic mass is 10.1. The van der Waals surface area contributed by atoms with Gasteiger partial charge >= 0.3 is 0 Å². The molecule has 0 aromatic heterocycles. The number of rotatable bonds is 5. The second-order valence-corrected chi connectivity index (χ2v) is 9.43. The zero-order chi connectivity index (χ0) is 21.3. The SMILES string of the molecule is Cc1ccc(N2CC(C(=O)NC(C)c3ccc(S(C)(=O)=O)cc3)CC2=O)cc1F. The van der Waals surface area contributed by atoms with Crippen molar-refractivity contribution in [3.05, 3.63) is 59.4 Å². The van der Waals surface area contributed by atoms with E-state index in [1.54, 1.807) is 38.1 Å². The molecule has 1 aliphatic heterocycles. The number of aryl methyl sites for hydroxylation is 1. The van der Waals surface area contributed by atoms with E-state index in [0.29, 0.717) is 11.3 Å². The van der Waals surface area contributed by atoms with Crippen molar-refractivity contribution in [2.75, 3.05) is 17.7 Å². The number of anilines is 1. The van der Waals surface area contributed by atoms with Crippen LogP contribution in [0.5, 0.6) is 0 Å². The van der Waals surface area contributed by atoms with Gasteiger partial charge < -0.3 is 10.2 Å². The Morgan fingerprint density at radius 1 is 1.21 bits per heavy atom. The van der Waals surface area contributed by atoms with Gasteiger partial charge in [-0.15, -0.1) is 0 Å². The molecular formula is C21H23FN2O4S. The molecule has 0 bridgehead atoms. The molecule has 1 N–H and O–H groups in total. The van der Waals surface area contributed by atoms with E-state index >= 15 is 0 Å². The fourth-order valence-electron chi connectivity index (χ4n) is 3.30. The average molecular weight is 418 g/mol. The number of amides is 2. The lowest BCUT2D eigenvalue weighted by molar-refractivity contribution is -0.126. The smallest absolute Gasteiger partial charge is 0.227 e. The lowest BCUT2D eigenvalue weighted by Crippen LogP contribution is -2.34. The number of nitrogens with one attached hydrogen (secondary N) is 1. The quantitative estimate of drug-likeness (QED) is 0.809. The molecule has 2 unspecified atom stereocenters. The number of hydrogen-bond donors (Lipinski definition) is 1. The molecule has 0 saturated carbocycles. The third kappa shape index (κ3) is 4.64. The number of sulfone groups is 1. The van der Waals surface area contributed by atoms with Crippen molar-refractivity contribution in [2.24, 2.45) is 5.92 Å². The van der Waals surface area contributed by atoms with Crippen LogP contribution in [0.3, 0.4) is 0 Å². The van der Waals surface area contributed by atoms with E-state index in [1.165, 1.54) is 23.1 Å². The van der Waals surface area contributed by atoms with Gasteiger partial charge in [-0.05, 0) is 49.2 Å². The summed E-state index contributed by atoms with van der Waals surface area (Å²) in [5.41, 5.74) is 1.69. The molecule has 6 nitrogen and oxygen atoms in total. The van der Waals surface area contributed by atoms with Crippen LogP contribution >= 0.6 is 0 Å². The molecule has 1 fully saturated rings. The number of halogens is 1. The third-order valence-corrected chi connectivity index (χ3v) is 6.26. The largest absolute Gasteiger partial charge is 0.349 e. The lowest BCUT2D eigenvalue weighted by Gasteiger charge is -2.19. The molecule has 2 atom stereocenters. The van der Waals surface area contributed by atoms with Crippen LogP contribution in [0.1, 0.15) is 30.5 Å². The zero-order valence-corrected chi connectivity index (χ0v) is 17.3. The molecule has 8 heteroatoms. The van der Waals surface area contributed by atoms with Crippen LogP contribution in [-0.2, 0) is 19.4 Å². The standard InChI is InChI=1S/C21H23FN2O4S/c1-13-4-7-17(11-19(13)22)24-12-16(10-20(24)25)21(26)23-14(2)15-5-8-18(9-6-15)29(3,27)28/h4-9,11,14,16H,10,12H2,1-3H3,(H,23,26). The molecule has 2 amide bonds. The van der Waals surface area contributed by atoms with E-state index < -0.39 is 21.6 Å². The van der Waals surface area contributed by atoms with E-state index in [2.05, 4.69) is 5.32 Å². The minimum atomic E-state index is -3.28. The Labute approximate surface area is 169 Å². The van der Waals surface area contributed by atoms with Gasteiger partial charge in [0.25, 0.3) is 0 Å². The van der Waals surface area contributed by atoms with Gasteiger partial charge in [-0.1, -0.05) is 18.2 Å². The van der Waals surface area contributed by atoms with Crippen molar-refractivity contribution in [3.63, 3.8) is 0 Å². The van der Waals surface area contributed by atoms with Crippen molar-refractivity contribution < 1.29 is 22.4 Å². The van der Waals surface area contributed by atoms with Crippen molar-refractivity contribution in [1.29, 1.82) is 0 Å². The maximum absolute atomic E-state index is 13.8. The number of carbonyl (C=O) groups is 2. The van der Waals surface area contributed by atoms with Gasteiger partial charge in [-0.2, -0.15) is 0 Å². The number of hydrogen-bond acceptors (Lipinski definition) is 4. The number of benzene rings is 2. The van der Waals surface area contributed by atoms with Crippen molar-refractivity contribution in [2.45, 2.75) is 31.2 Å². The highest BCUT2D eigenvalue weighted by Gasteiger charge is 2.35. The zero-order valence-electron chi connectivity index (χ0n) is 16.5. The Kier molecular flexibility index (Phi) is 5.75. The molecule has 0 radical (unpaired) electrons. The highest BCUT2D eigenvalue weighted by Crippen LogP contribution is 2.27. The first kappa shape index (κ1) is 21.0. The predicted octanol–water partition coefficient (Wildman–Crippen LogP) is 2.77. The van der Waals surface area contributed by atoms with Crippen LogP contribution in [0.25, 0.3) is 0 Å². The van der Waals surface area contributed by atoms with Crippen molar-refractivity contribution >= 4 is 27.3 Å². The molecule has 2 aromatic rings. The van der Waals surface area contributed by atoms with E-state index in [0.717, 1.165) is 11.8 Å². The molecule has 1 heterocycles. The summed E-state index contributed by atoms with van der Waals surface area (Å²) in [7, 11) is -3.28. The molecule has 154 valence electrons. The van der Waals surface area contributed by atoms with Crippen LogP contribution in [0.4, 0.5) is 10.1 Å². The summed E-state index contributed by atoms with van der Waals surface area (Å²) < 4.78 is 36.9. The summed E-state index contributed by atoms with van der Waals surface area (Å²) in [6, 6.07) is 10.5. The molecular weight excluding hydrogens is 395 g/mol. The maximum Gasteiger partial charge on any atom is 0.227 e. The predicted molar refractivity (Wildman–Crippen MR) is 108 cm³/mol. The first-order valence-corrected chi connectivity index (χ1v) is 11.1. The Morgan fingerprint density at radius 3 is 2.45 bits per heavy atom. The van der Waals surface area contributed by atoms with Gasteiger partial charge in [0.15, 0.2) is 9.84 Å². The normalized spacial score (nSPS) is 18.0. The molecule has 29 heavy (non-hydrogen) atoms. The fraction of sp³-hybridized carbons (Fsp3) is 0.333. The number of carbonyl (C=O) groups excluding carboxylic acids is 2. The first-order valence-electron chi connectivity index (χ1n) is 9.23. The third-order valence-electron chi connectivity index (χ3n) is 5.13. The minimum absolute atomic E-state index is 0.0566. The Bertz CT molecular complexity index is 1050. The minimum Gasteiger partial charge on any atom is -0.349 e. The second-order valence-electron chi connectivity index (χ2n) is 7.41. The van der Waals surface area contributed by atoms with Crippen molar-refractivity contribution in [3.8, 4) is 0 Å². The van der Waals surface area contributed by atoms with Crippen molar-refractivity contribution in [1.82, 2.24) is 5.32 Å². The maximum atomic E-state index is 13.8. The summed E-state index contributed by atoms with van der Waals surface area (Å²) in [4.78, 5) is 26.6. The molecule has 1 saturated heterocycles. The molecule has 2 aromatic carbocycles. The van der Waals surface area contributed by atoms with Crippen LogP contribution in [0.2, 0.25) is 0 Å².